The van der Waals surface area contributed by atoms with E-state index in [9.17, 15) is 0 Å². The van der Waals surface area contributed by atoms with Crippen LogP contribution in [0.1, 0.15) is 0 Å². The number of hydrogen-bond acceptors (Lipinski definition) is 2. The molecule has 0 aromatic heterocycles. The Hall–Kier alpha value is -0.760. The van der Waals surface area contributed by atoms with Crippen LogP contribution in [0.4, 0.5) is 0 Å². The molecule has 2 N–H and O–H groups in total. The van der Waals surface area contributed by atoms with Gasteiger partial charge in [0, 0.05) is 6.54 Å². The average Bonchev–Trinajstić information content (AvgIpc) is 1.90. The molecule has 1 rings (SSSR count). The molecule has 1 aliphatic heterocycles. The zero-order valence-corrected chi connectivity index (χ0v) is 4.63. The van der Waals surface area contributed by atoms with Crippen molar-refractivity contribution in [3.8, 4) is 0 Å². The molecule has 8 heavy (non-hydrogen) atoms. The van der Waals surface area contributed by atoms with Crippen LogP contribution in [0.15, 0.2) is 24.0 Å². The molecule has 0 bridgehead atoms. The fourth-order valence-corrected chi connectivity index (χ4v) is 0.561. The average molecular weight is 111 g/mol. The second kappa shape index (κ2) is 2.52. The number of rotatable bonds is 1. The van der Waals surface area contributed by atoms with Crippen molar-refractivity contribution in [1.82, 2.24) is 0 Å². The Morgan fingerprint density at radius 2 is 2.62 bits per heavy atom. The summed E-state index contributed by atoms with van der Waals surface area (Å²) in [7, 11) is 0. The molecule has 0 atom stereocenters. The van der Waals surface area contributed by atoms with Crippen molar-refractivity contribution in [2.24, 2.45) is 5.73 Å². The van der Waals surface area contributed by atoms with Crippen LogP contribution in [0.5, 0.6) is 0 Å². The molecule has 0 unspecified atom stereocenters. The SMILES string of the molecule is NCC1=CC=COC1. The van der Waals surface area contributed by atoms with Crippen LogP contribution in [0.2, 0.25) is 0 Å². The minimum Gasteiger partial charge on any atom is -0.497 e. The minimum absolute atomic E-state index is 0.602. The quantitative estimate of drug-likeness (QED) is 0.532. The van der Waals surface area contributed by atoms with E-state index in [4.69, 9.17) is 10.5 Å². The predicted molar refractivity (Wildman–Crippen MR) is 32.2 cm³/mol. The fraction of sp³-hybridized carbons (Fsp3) is 0.333. The molecular formula is C6H9NO. The zero-order valence-electron chi connectivity index (χ0n) is 4.63. The summed E-state index contributed by atoms with van der Waals surface area (Å²) in [5, 5.41) is 0. The Labute approximate surface area is 48.6 Å². The summed E-state index contributed by atoms with van der Waals surface area (Å²) in [6.07, 6.45) is 5.49. The van der Waals surface area contributed by atoms with Crippen molar-refractivity contribution in [1.29, 1.82) is 0 Å². The Bertz CT molecular complexity index is 126. The predicted octanol–water partition coefficient (Wildman–Crippen LogP) is 0.415. The van der Waals surface area contributed by atoms with Crippen LogP contribution in [0.3, 0.4) is 0 Å². The second-order valence-electron chi connectivity index (χ2n) is 1.67. The lowest BCUT2D eigenvalue weighted by molar-refractivity contribution is 0.274. The zero-order chi connectivity index (χ0) is 5.82. The van der Waals surface area contributed by atoms with Crippen LogP contribution in [-0.4, -0.2) is 13.2 Å². The molecule has 0 radical (unpaired) electrons. The van der Waals surface area contributed by atoms with E-state index in [1.54, 1.807) is 6.26 Å². The molecular weight excluding hydrogens is 102 g/mol. The van der Waals surface area contributed by atoms with Gasteiger partial charge in [0.1, 0.15) is 6.61 Å². The number of nitrogens with two attached hydrogens (primary N) is 1. The Kier molecular flexibility index (Phi) is 1.70. The minimum atomic E-state index is 0.602. The maximum absolute atomic E-state index is 5.32. The highest BCUT2D eigenvalue weighted by molar-refractivity contribution is 5.15. The summed E-state index contributed by atoms with van der Waals surface area (Å²) in [6, 6.07) is 0. The van der Waals surface area contributed by atoms with Crippen molar-refractivity contribution in [2.45, 2.75) is 0 Å². The van der Waals surface area contributed by atoms with Crippen LogP contribution in [-0.2, 0) is 4.74 Å². The Balaban J connectivity index is 2.50. The lowest BCUT2D eigenvalue weighted by Gasteiger charge is -2.05. The molecule has 2 heteroatoms. The van der Waals surface area contributed by atoms with Gasteiger partial charge < -0.3 is 10.5 Å². The number of ether oxygens (including phenoxy) is 1. The van der Waals surface area contributed by atoms with E-state index < -0.39 is 0 Å². The van der Waals surface area contributed by atoms with E-state index in [1.807, 2.05) is 12.2 Å². The molecule has 0 fully saturated rings. The van der Waals surface area contributed by atoms with Crippen LogP contribution in [0.25, 0.3) is 0 Å². The number of allylic oxidation sites excluding steroid dienone is 2. The van der Waals surface area contributed by atoms with Gasteiger partial charge in [0.25, 0.3) is 0 Å². The largest absolute Gasteiger partial charge is 0.497 e. The number of hydrogen-bond donors (Lipinski definition) is 1. The summed E-state index contributed by atoms with van der Waals surface area (Å²) >= 11 is 0. The fourth-order valence-electron chi connectivity index (χ4n) is 0.561. The van der Waals surface area contributed by atoms with Gasteiger partial charge in [0.2, 0.25) is 0 Å². The Morgan fingerprint density at radius 1 is 1.75 bits per heavy atom. The van der Waals surface area contributed by atoms with E-state index in [2.05, 4.69) is 0 Å². The molecule has 0 spiro atoms. The van der Waals surface area contributed by atoms with Crippen molar-refractivity contribution in [3.05, 3.63) is 24.0 Å². The van der Waals surface area contributed by atoms with Crippen LogP contribution in [0, 0.1) is 0 Å². The topological polar surface area (TPSA) is 35.2 Å². The third kappa shape index (κ3) is 1.10. The van der Waals surface area contributed by atoms with Gasteiger partial charge in [-0.2, -0.15) is 0 Å². The van der Waals surface area contributed by atoms with Crippen LogP contribution >= 0.6 is 0 Å². The first-order chi connectivity index (χ1) is 3.93. The highest BCUT2D eigenvalue weighted by Crippen LogP contribution is 1.99. The monoisotopic (exact) mass is 111 g/mol. The lowest BCUT2D eigenvalue weighted by atomic mass is 10.2. The summed E-state index contributed by atoms with van der Waals surface area (Å²) in [5.74, 6) is 0. The molecule has 0 amide bonds. The van der Waals surface area contributed by atoms with Gasteiger partial charge >= 0.3 is 0 Å². The molecule has 0 aromatic carbocycles. The molecule has 1 aliphatic rings. The standard InChI is InChI=1S/C6H9NO/c7-4-6-2-1-3-8-5-6/h1-3H,4-5,7H2. The van der Waals surface area contributed by atoms with Crippen molar-refractivity contribution < 1.29 is 4.74 Å². The maximum Gasteiger partial charge on any atom is 0.110 e. The van der Waals surface area contributed by atoms with Gasteiger partial charge in [-0.05, 0) is 11.6 Å². The smallest absolute Gasteiger partial charge is 0.110 e. The van der Waals surface area contributed by atoms with Gasteiger partial charge in [-0.15, -0.1) is 0 Å². The first-order valence-electron chi connectivity index (χ1n) is 2.60. The highest BCUT2D eigenvalue weighted by atomic mass is 16.5. The molecule has 1 heterocycles. The molecule has 0 aliphatic carbocycles. The summed E-state index contributed by atoms with van der Waals surface area (Å²) < 4.78 is 4.94. The van der Waals surface area contributed by atoms with E-state index in [0.29, 0.717) is 13.2 Å². The van der Waals surface area contributed by atoms with E-state index in [0.717, 1.165) is 5.57 Å². The first-order valence-corrected chi connectivity index (χ1v) is 2.60. The van der Waals surface area contributed by atoms with E-state index >= 15 is 0 Å². The highest BCUT2D eigenvalue weighted by Gasteiger charge is 1.94. The molecule has 0 saturated carbocycles. The van der Waals surface area contributed by atoms with Gasteiger partial charge in [-0.25, -0.2) is 0 Å². The normalized spacial score (nSPS) is 17.4. The van der Waals surface area contributed by atoms with Gasteiger partial charge in [0.15, 0.2) is 0 Å². The van der Waals surface area contributed by atoms with Crippen molar-refractivity contribution in [2.75, 3.05) is 13.2 Å². The van der Waals surface area contributed by atoms with Crippen molar-refractivity contribution in [3.63, 3.8) is 0 Å². The first kappa shape index (κ1) is 5.38. The maximum atomic E-state index is 5.32. The molecule has 2 nitrogen and oxygen atoms in total. The molecule has 44 valence electrons. The summed E-state index contributed by atoms with van der Waals surface area (Å²) in [4.78, 5) is 0. The third-order valence-electron chi connectivity index (χ3n) is 1.04. The van der Waals surface area contributed by atoms with Crippen molar-refractivity contribution >= 4 is 0 Å². The third-order valence-corrected chi connectivity index (χ3v) is 1.04. The summed E-state index contributed by atoms with van der Waals surface area (Å²) in [5.41, 5.74) is 6.47. The molecule has 0 aromatic rings. The second-order valence-corrected chi connectivity index (χ2v) is 1.67. The van der Waals surface area contributed by atoms with E-state index in [-0.39, 0.29) is 0 Å². The lowest BCUT2D eigenvalue weighted by Crippen LogP contribution is -2.08. The van der Waals surface area contributed by atoms with Gasteiger partial charge in [-0.1, -0.05) is 6.08 Å². The molecule has 0 saturated heterocycles. The van der Waals surface area contributed by atoms with Gasteiger partial charge in [-0.3, -0.25) is 0 Å². The van der Waals surface area contributed by atoms with E-state index in [1.165, 1.54) is 0 Å². The summed E-state index contributed by atoms with van der Waals surface area (Å²) in [6.45, 7) is 1.26. The van der Waals surface area contributed by atoms with Gasteiger partial charge in [0.05, 0.1) is 6.26 Å². The van der Waals surface area contributed by atoms with Crippen LogP contribution < -0.4 is 5.73 Å². The Morgan fingerprint density at radius 3 is 3.00 bits per heavy atom.